The molecule has 0 aromatic rings. The van der Waals surface area contributed by atoms with Gasteiger partial charge in [-0.15, -0.1) is 0 Å². The number of amides is 2. The molecule has 0 aromatic heterocycles. The van der Waals surface area contributed by atoms with Crippen LogP contribution in [-0.4, -0.2) is 75.5 Å². The van der Waals surface area contributed by atoms with Crippen molar-refractivity contribution >= 4 is 6.03 Å². The zero-order chi connectivity index (χ0) is 17.2. The summed E-state index contributed by atoms with van der Waals surface area (Å²) in [6, 6.07) is 0.680. The van der Waals surface area contributed by atoms with Crippen molar-refractivity contribution in [3.05, 3.63) is 0 Å². The Morgan fingerprint density at radius 2 is 2.13 bits per heavy atom. The lowest BCUT2D eigenvalue weighted by atomic mass is 10.1. The number of nitrogens with one attached hydrogen (secondary N) is 3. The van der Waals surface area contributed by atoms with Crippen LogP contribution in [0.1, 0.15) is 27.2 Å². The van der Waals surface area contributed by atoms with E-state index in [2.05, 4.69) is 27.8 Å². The quantitative estimate of drug-likeness (QED) is 0.423. The molecular weight excluding hydrogens is 294 g/mol. The lowest BCUT2D eigenvalue weighted by Crippen LogP contribution is -2.45. The number of methoxy groups -OCH3 is 1. The zero-order valence-electron chi connectivity index (χ0n) is 15.1. The number of likely N-dealkylation sites (tertiary alicyclic amines) is 1. The van der Waals surface area contributed by atoms with Crippen LogP contribution in [0, 0.1) is 5.92 Å². The first-order valence-corrected chi connectivity index (χ1v) is 8.67. The normalized spacial score (nSPS) is 23.2. The molecule has 0 spiro atoms. The number of hydrogen-bond acceptors (Lipinski definition) is 5. The largest absolute Gasteiger partial charge is 0.383 e. The lowest BCUT2D eigenvalue weighted by Gasteiger charge is -2.27. The first kappa shape index (κ1) is 20.2. The monoisotopic (exact) mass is 329 g/mol. The van der Waals surface area contributed by atoms with Gasteiger partial charge in [0, 0.05) is 51.4 Å². The van der Waals surface area contributed by atoms with Crippen molar-refractivity contribution in [2.24, 2.45) is 11.7 Å². The van der Waals surface area contributed by atoms with E-state index in [9.17, 15) is 4.79 Å². The van der Waals surface area contributed by atoms with E-state index >= 15 is 0 Å². The number of carbonyl (C=O) groups is 1. The smallest absolute Gasteiger partial charge is 0.315 e. The molecular formula is C16H35N5O2. The third kappa shape index (κ3) is 7.97. The van der Waals surface area contributed by atoms with E-state index in [4.69, 9.17) is 10.5 Å². The molecule has 1 aliphatic heterocycles. The van der Waals surface area contributed by atoms with Crippen LogP contribution in [0.4, 0.5) is 4.79 Å². The van der Waals surface area contributed by atoms with Crippen molar-refractivity contribution < 1.29 is 9.53 Å². The SMILES string of the molecule is COCCNC[C@@H]1C[C@@H](NC(=O)NC(C)C)CN1C[C@@H](C)CN. The average molecular weight is 329 g/mol. The van der Waals surface area contributed by atoms with Crippen molar-refractivity contribution in [2.75, 3.05) is 46.4 Å². The second kappa shape index (κ2) is 10.8. The molecule has 0 aliphatic carbocycles. The van der Waals surface area contributed by atoms with Crippen molar-refractivity contribution in [1.29, 1.82) is 0 Å². The summed E-state index contributed by atoms with van der Waals surface area (Å²) in [5.41, 5.74) is 5.77. The number of hydrogen-bond donors (Lipinski definition) is 4. The molecule has 5 N–H and O–H groups in total. The van der Waals surface area contributed by atoms with Crippen LogP contribution in [0.2, 0.25) is 0 Å². The molecule has 3 atom stereocenters. The Morgan fingerprint density at radius 1 is 1.39 bits per heavy atom. The fourth-order valence-electron chi connectivity index (χ4n) is 2.93. The minimum atomic E-state index is -0.0789. The summed E-state index contributed by atoms with van der Waals surface area (Å²) >= 11 is 0. The summed E-state index contributed by atoms with van der Waals surface area (Å²) in [7, 11) is 1.71. The Morgan fingerprint density at radius 3 is 2.74 bits per heavy atom. The average Bonchev–Trinajstić information content (AvgIpc) is 2.84. The number of rotatable bonds is 10. The van der Waals surface area contributed by atoms with Gasteiger partial charge in [0.05, 0.1) is 6.61 Å². The van der Waals surface area contributed by atoms with Crippen molar-refractivity contribution in [2.45, 2.75) is 45.3 Å². The molecule has 23 heavy (non-hydrogen) atoms. The molecule has 0 unspecified atom stereocenters. The Bertz CT molecular complexity index is 340. The molecule has 0 saturated carbocycles. The molecule has 0 bridgehead atoms. The van der Waals surface area contributed by atoms with Crippen LogP contribution in [0.3, 0.4) is 0 Å². The Hall–Kier alpha value is -0.890. The van der Waals surface area contributed by atoms with Crippen molar-refractivity contribution in [1.82, 2.24) is 20.9 Å². The predicted molar refractivity (Wildman–Crippen MR) is 93.5 cm³/mol. The van der Waals surface area contributed by atoms with E-state index in [1.165, 1.54) is 0 Å². The minimum absolute atomic E-state index is 0.0789. The van der Waals surface area contributed by atoms with Gasteiger partial charge < -0.3 is 26.4 Å². The van der Waals surface area contributed by atoms with Crippen LogP contribution in [-0.2, 0) is 4.74 Å². The minimum Gasteiger partial charge on any atom is -0.383 e. The van der Waals surface area contributed by atoms with E-state index in [1.807, 2.05) is 13.8 Å². The summed E-state index contributed by atoms with van der Waals surface area (Å²) in [6.07, 6.45) is 0.961. The molecule has 136 valence electrons. The number of urea groups is 1. The van der Waals surface area contributed by atoms with Gasteiger partial charge in [-0.1, -0.05) is 6.92 Å². The highest BCUT2D eigenvalue weighted by Gasteiger charge is 2.33. The van der Waals surface area contributed by atoms with E-state index in [0.29, 0.717) is 25.1 Å². The standard InChI is InChI=1S/C16H35N5O2/c1-12(2)19-16(22)20-14-7-15(9-18-5-6-23-4)21(11-14)10-13(3)8-17/h12-15,18H,5-11,17H2,1-4H3,(H2,19,20,22)/t13-,14+,15-/m0/s1. The van der Waals surface area contributed by atoms with E-state index < -0.39 is 0 Å². The molecule has 0 radical (unpaired) electrons. The first-order valence-electron chi connectivity index (χ1n) is 8.67. The summed E-state index contributed by atoms with van der Waals surface area (Å²) in [5.74, 6) is 0.458. The summed E-state index contributed by atoms with van der Waals surface area (Å²) in [6.45, 7) is 11.1. The van der Waals surface area contributed by atoms with Crippen LogP contribution < -0.4 is 21.7 Å². The first-order chi connectivity index (χ1) is 11.0. The number of nitrogens with two attached hydrogens (primary N) is 1. The lowest BCUT2D eigenvalue weighted by molar-refractivity contribution is 0.187. The van der Waals surface area contributed by atoms with Gasteiger partial charge in [0.25, 0.3) is 0 Å². The van der Waals surface area contributed by atoms with Gasteiger partial charge in [0.15, 0.2) is 0 Å². The third-order valence-corrected chi connectivity index (χ3v) is 4.09. The van der Waals surface area contributed by atoms with E-state index in [0.717, 1.165) is 32.6 Å². The summed E-state index contributed by atoms with van der Waals surface area (Å²) in [4.78, 5) is 14.3. The maximum Gasteiger partial charge on any atom is 0.315 e. The van der Waals surface area contributed by atoms with Gasteiger partial charge in [-0.25, -0.2) is 4.79 Å². The Balaban J connectivity index is 2.49. The van der Waals surface area contributed by atoms with E-state index in [-0.39, 0.29) is 18.1 Å². The van der Waals surface area contributed by atoms with Crippen molar-refractivity contribution in [3.63, 3.8) is 0 Å². The van der Waals surface area contributed by atoms with Crippen LogP contribution in [0.5, 0.6) is 0 Å². The molecule has 1 rings (SSSR count). The van der Waals surface area contributed by atoms with Gasteiger partial charge in [-0.05, 0) is 32.7 Å². The van der Waals surface area contributed by atoms with Gasteiger partial charge in [0.1, 0.15) is 0 Å². The molecule has 1 heterocycles. The van der Waals surface area contributed by atoms with Crippen molar-refractivity contribution in [3.8, 4) is 0 Å². The molecule has 1 saturated heterocycles. The van der Waals surface area contributed by atoms with Gasteiger partial charge >= 0.3 is 6.03 Å². The highest BCUT2D eigenvalue weighted by atomic mass is 16.5. The third-order valence-electron chi connectivity index (χ3n) is 4.09. The van der Waals surface area contributed by atoms with E-state index in [1.54, 1.807) is 7.11 Å². The molecule has 7 heteroatoms. The summed E-state index contributed by atoms with van der Waals surface area (Å²) < 4.78 is 5.07. The topological polar surface area (TPSA) is 91.6 Å². The van der Waals surface area contributed by atoms with Crippen LogP contribution in [0.25, 0.3) is 0 Å². The molecule has 2 amide bonds. The van der Waals surface area contributed by atoms with Crippen LogP contribution >= 0.6 is 0 Å². The highest BCUT2D eigenvalue weighted by Crippen LogP contribution is 2.19. The second-order valence-corrected chi connectivity index (χ2v) is 6.85. The zero-order valence-corrected chi connectivity index (χ0v) is 15.1. The molecule has 1 aliphatic rings. The summed E-state index contributed by atoms with van der Waals surface area (Å²) in [5, 5.41) is 9.41. The maximum atomic E-state index is 11.9. The Labute approximate surface area is 140 Å². The van der Waals surface area contributed by atoms with Gasteiger partial charge in [-0.2, -0.15) is 0 Å². The fraction of sp³-hybridized carbons (Fsp3) is 0.938. The molecule has 7 nitrogen and oxygen atoms in total. The number of ether oxygens (including phenoxy) is 1. The molecule has 0 aromatic carbocycles. The maximum absolute atomic E-state index is 11.9. The van der Waals surface area contributed by atoms with Crippen LogP contribution in [0.15, 0.2) is 0 Å². The second-order valence-electron chi connectivity index (χ2n) is 6.85. The van der Waals surface area contributed by atoms with Gasteiger partial charge in [0.2, 0.25) is 0 Å². The predicted octanol–water partition coefficient (Wildman–Crippen LogP) is -0.0323. The molecule has 1 fully saturated rings. The number of nitrogens with zero attached hydrogens (tertiary/aromatic N) is 1. The number of carbonyl (C=O) groups excluding carboxylic acids is 1. The highest BCUT2D eigenvalue weighted by molar-refractivity contribution is 5.74. The van der Waals surface area contributed by atoms with Gasteiger partial charge in [-0.3, -0.25) is 4.90 Å². The fourth-order valence-corrected chi connectivity index (χ4v) is 2.93. The Kier molecular flexibility index (Phi) is 9.47.